The van der Waals surface area contributed by atoms with E-state index in [0.717, 1.165) is 11.3 Å². The molecule has 1 aliphatic rings. The van der Waals surface area contributed by atoms with Gasteiger partial charge >= 0.3 is 5.97 Å². The Balaban J connectivity index is 2.03. The third kappa shape index (κ3) is 3.58. The summed E-state index contributed by atoms with van der Waals surface area (Å²) in [5.41, 5.74) is 1.51. The number of thioether (sulfide) groups is 1. The zero-order chi connectivity index (χ0) is 18.0. The molecule has 1 N–H and O–H groups in total. The molecule has 0 saturated carbocycles. The molecular formula is C18H19NO4S2. The molecule has 0 aliphatic carbocycles. The molecule has 0 amide bonds. The molecule has 1 heterocycles. The van der Waals surface area contributed by atoms with Crippen LogP contribution in [0.15, 0.2) is 53.4 Å². The lowest BCUT2D eigenvalue weighted by Crippen LogP contribution is -2.40. The SMILES string of the molecule is Cc1ccc(S(=O)(=O)N2CCSCC2c2ccccc2)cc1C(=O)O. The molecule has 0 bridgehead atoms. The third-order valence-electron chi connectivity index (χ3n) is 4.31. The Hall–Kier alpha value is -1.83. The lowest BCUT2D eigenvalue weighted by Gasteiger charge is -2.34. The number of nitrogens with zero attached hydrogens (tertiary/aromatic N) is 1. The second-order valence-electron chi connectivity index (χ2n) is 5.90. The fraction of sp³-hybridized carbons (Fsp3) is 0.278. The molecule has 5 nitrogen and oxygen atoms in total. The number of carboxylic acids is 1. The zero-order valence-corrected chi connectivity index (χ0v) is 15.4. The smallest absolute Gasteiger partial charge is 0.335 e. The fourth-order valence-electron chi connectivity index (χ4n) is 2.94. The van der Waals surface area contributed by atoms with E-state index in [-0.39, 0.29) is 16.5 Å². The molecule has 0 spiro atoms. The van der Waals surface area contributed by atoms with Crippen molar-refractivity contribution in [1.82, 2.24) is 4.31 Å². The van der Waals surface area contributed by atoms with Crippen LogP contribution < -0.4 is 0 Å². The number of rotatable bonds is 4. The molecule has 1 fully saturated rings. The molecule has 2 aromatic carbocycles. The Morgan fingerprint density at radius 3 is 2.60 bits per heavy atom. The van der Waals surface area contributed by atoms with Crippen molar-refractivity contribution in [3.8, 4) is 0 Å². The summed E-state index contributed by atoms with van der Waals surface area (Å²) in [6.07, 6.45) is 0. The molecule has 3 rings (SSSR count). The zero-order valence-electron chi connectivity index (χ0n) is 13.8. The Bertz CT molecular complexity index is 881. The third-order valence-corrected chi connectivity index (χ3v) is 7.24. The van der Waals surface area contributed by atoms with E-state index in [2.05, 4.69) is 0 Å². The summed E-state index contributed by atoms with van der Waals surface area (Å²) in [4.78, 5) is 11.4. The number of benzene rings is 2. The van der Waals surface area contributed by atoms with Crippen molar-refractivity contribution in [3.05, 3.63) is 65.2 Å². The number of sulfonamides is 1. The average molecular weight is 377 g/mol. The minimum absolute atomic E-state index is 0.0173. The van der Waals surface area contributed by atoms with Crippen molar-refractivity contribution in [1.29, 1.82) is 0 Å². The number of hydrogen-bond acceptors (Lipinski definition) is 4. The summed E-state index contributed by atoms with van der Waals surface area (Å²) >= 11 is 1.72. The van der Waals surface area contributed by atoms with Gasteiger partial charge in [-0.25, -0.2) is 13.2 Å². The van der Waals surface area contributed by atoms with E-state index in [9.17, 15) is 18.3 Å². The first-order valence-corrected chi connectivity index (χ1v) is 10.5. The Labute approximate surface area is 151 Å². The summed E-state index contributed by atoms with van der Waals surface area (Å²) in [5, 5.41) is 9.28. The Morgan fingerprint density at radius 1 is 1.20 bits per heavy atom. The summed E-state index contributed by atoms with van der Waals surface area (Å²) in [5.74, 6) is 0.282. The number of carbonyl (C=O) groups is 1. The van der Waals surface area contributed by atoms with Gasteiger partial charge in [-0.3, -0.25) is 0 Å². The summed E-state index contributed by atoms with van der Waals surface area (Å²) in [6, 6.07) is 13.6. The van der Waals surface area contributed by atoms with E-state index < -0.39 is 16.0 Å². The molecule has 1 saturated heterocycles. The highest BCUT2D eigenvalue weighted by Gasteiger charge is 2.35. The molecule has 132 valence electrons. The summed E-state index contributed by atoms with van der Waals surface area (Å²) in [6.45, 7) is 2.06. The average Bonchev–Trinajstić information content (AvgIpc) is 2.62. The van der Waals surface area contributed by atoms with E-state index in [0.29, 0.717) is 17.9 Å². The van der Waals surface area contributed by atoms with Crippen LogP contribution in [0.2, 0.25) is 0 Å². The predicted molar refractivity (Wildman–Crippen MR) is 98.5 cm³/mol. The van der Waals surface area contributed by atoms with E-state index in [1.165, 1.54) is 16.4 Å². The number of aromatic carboxylic acids is 1. The van der Waals surface area contributed by atoms with Gasteiger partial charge in [0, 0.05) is 18.1 Å². The van der Waals surface area contributed by atoms with E-state index in [1.54, 1.807) is 24.8 Å². The standard InChI is InChI=1S/C18H19NO4S2/c1-13-7-8-15(11-16(13)18(20)21)25(22,23)19-9-10-24-12-17(19)14-5-3-2-4-6-14/h2-8,11,17H,9-10,12H2,1H3,(H,20,21). The molecule has 0 aromatic heterocycles. The van der Waals surface area contributed by atoms with Gasteiger partial charge in [0.25, 0.3) is 0 Å². The van der Waals surface area contributed by atoms with E-state index >= 15 is 0 Å². The van der Waals surface area contributed by atoms with Gasteiger partial charge in [-0.2, -0.15) is 16.1 Å². The Morgan fingerprint density at radius 2 is 1.92 bits per heavy atom. The van der Waals surface area contributed by atoms with Crippen LogP contribution >= 0.6 is 11.8 Å². The molecule has 1 aliphatic heterocycles. The van der Waals surface area contributed by atoms with Gasteiger partial charge in [-0.15, -0.1) is 0 Å². The van der Waals surface area contributed by atoms with Crippen molar-refractivity contribution in [2.75, 3.05) is 18.1 Å². The lowest BCUT2D eigenvalue weighted by molar-refractivity contribution is 0.0696. The van der Waals surface area contributed by atoms with E-state index in [4.69, 9.17) is 0 Å². The Kier molecular flexibility index (Phi) is 5.17. The van der Waals surface area contributed by atoms with Crippen LogP contribution in [0.4, 0.5) is 0 Å². The minimum Gasteiger partial charge on any atom is -0.478 e. The maximum absolute atomic E-state index is 13.2. The van der Waals surface area contributed by atoms with Gasteiger partial charge in [0.15, 0.2) is 0 Å². The van der Waals surface area contributed by atoms with Crippen LogP contribution in [-0.2, 0) is 10.0 Å². The van der Waals surface area contributed by atoms with Crippen LogP contribution in [0.25, 0.3) is 0 Å². The minimum atomic E-state index is -3.78. The topological polar surface area (TPSA) is 74.7 Å². The van der Waals surface area contributed by atoms with Crippen LogP contribution in [0, 0.1) is 6.92 Å². The summed E-state index contributed by atoms with van der Waals surface area (Å²) < 4.78 is 27.9. The first kappa shape index (κ1) is 18.0. The molecule has 2 aromatic rings. The van der Waals surface area contributed by atoms with Crippen molar-refractivity contribution >= 4 is 27.8 Å². The van der Waals surface area contributed by atoms with Gasteiger partial charge < -0.3 is 5.11 Å². The molecule has 25 heavy (non-hydrogen) atoms. The van der Waals surface area contributed by atoms with Gasteiger partial charge in [-0.1, -0.05) is 36.4 Å². The normalized spacial score (nSPS) is 18.8. The maximum Gasteiger partial charge on any atom is 0.335 e. The van der Waals surface area contributed by atoms with Crippen LogP contribution in [0.3, 0.4) is 0 Å². The van der Waals surface area contributed by atoms with Crippen molar-refractivity contribution in [2.45, 2.75) is 17.9 Å². The van der Waals surface area contributed by atoms with Crippen LogP contribution in [-0.4, -0.2) is 41.8 Å². The molecule has 1 unspecified atom stereocenters. The lowest BCUT2D eigenvalue weighted by atomic mass is 10.1. The van der Waals surface area contributed by atoms with Crippen LogP contribution in [0.5, 0.6) is 0 Å². The van der Waals surface area contributed by atoms with Gasteiger partial charge in [0.2, 0.25) is 10.0 Å². The first-order valence-electron chi connectivity index (χ1n) is 7.90. The highest BCUT2D eigenvalue weighted by molar-refractivity contribution is 7.99. The highest BCUT2D eigenvalue weighted by atomic mass is 32.2. The fourth-order valence-corrected chi connectivity index (χ4v) is 5.88. The second-order valence-corrected chi connectivity index (χ2v) is 8.94. The first-order chi connectivity index (χ1) is 11.9. The van der Waals surface area contributed by atoms with Gasteiger partial charge in [-0.05, 0) is 30.2 Å². The highest BCUT2D eigenvalue weighted by Crippen LogP contribution is 2.34. The number of aryl methyl sites for hydroxylation is 1. The van der Waals surface area contributed by atoms with Gasteiger partial charge in [0.05, 0.1) is 16.5 Å². The molecule has 0 radical (unpaired) electrons. The van der Waals surface area contributed by atoms with Crippen molar-refractivity contribution in [2.24, 2.45) is 0 Å². The van der Waals surface area contributed by atoms with Crippen molar-refractivity contribution in [3.63, 3.8) is 0 Å². The molecule has 7 heteroatoms. The monoisotopic (exact) mass is 377 g/mol. The van der Waals surface area contributed by atoms with Crippen molar-refractivity contribution < 1.29 is 18.3 Å². The number of hydrogen-bond donors (Lipinski definition) is 1. The molecule has 1 atom stereocenters. The summed E-state index contributed by atoms with van der Waals surface area (Å²) in [7, 11) is -3.78. The largest absolute Gasteiger partial charge is 0.478 e. The second kappa shape index (κ2) is 7.19. The van der Waals surface area contributed by atoms with E-state index in [1.807, 2.05) is 30.3 Å². The molecular weight excluding hydrogens is 358 g/mol. The number of carboxylic acid groups (broad SMARTS) is 1. The quantitative estimate of drug-likeness (QED) is 0.886. The predicted octanol–water partition coefficient (Wildman–Crippen LogP) is 3.17. The van der Waals surface area contributed by atoms with Crippen LogP contribution in [0.1, 0.15) is 27.5 Å². The van der Waals surface area contributed by atoms with Gasteiger partial charge in [0.1, 0.15) is 0 Å². The maximum atomic E-state index is 13.2.